The van der Waals surface area contributed by atoms with Crippen LogP contribution >= 0.6 is 0 Å². The number of fused-ring (bicyclic) bond motifs is 3. The highest BCUT2D eigenvalue weighted by atomic mass is 16.6. The summed E-state index contributed by atoms with van der Waals surface area (Å²) in [5.74, 6) is 0.703. The van der Waals surface area contributed by atoms with Crippen LogP contribution in [0.1, 0.15) is 44.6 Å². The van der Waals surface area contributed by atoms with Crippen molar-refractivity contribution in [3.63, 3.8) is 0 Å². The van der Waals surface area contributed by atoms with Crippen LogP contribution in [0.25, 0.3) is 0 Å². The van der Waals surface area contributed by atoms with Crippen LogP contribution in [-0.4, -0.2) is 50.6 Å². The molecule has 2 fully saturated rings. The van der Waals surface area contributed by atoms with Crippen molar-refractivity contribution in [1.29, 1.82) is 0 Å². The number of benzene rings is 1. The normalized spacial score (nSPS) is 30.3. The summed E-state index contributed by atoms with van der Waals surface area (Å²) < 4.78 is 27.9. The number of esters is 2. The van der Waals surface area contributed by atoms with Gasteiger partial charge in [0.05, 0.1) is 19.8 Å². The molecule has 33 heavy (non-hydrogen) atoms. The first-order valence-corrected chi connectivity index (χ1v) is 11.5. The summed E-state index contributed by atoms with van der Waals surface area (Å²) in [5, 5.41) is 0. The second-order valence-electron chi connectivity index (χ2n) is 9.09. The molecular weight excluding hydrogens is 424 g/mol. The smallest absolute Gasteiger partial charge is 0.334 e. The Balaban J connectivity index is 1.35. The first-order chi connectivity index (χ1) is 15.9. The molecule has 0 spiro atoms. The minimum absolute atomic E-state index is 0.0644. The maximum atomic E-state index is 12.5. The van der Waals surface area contributed by atoms with E-state index in [-0.39, 0.29) is 48.7 Å². The van der Waals surface area contributed by atoms with E-state index in [9.17, 15) is 9.59 Å². The number of hydrogen-bond acceptors (Lipinski definition) is 7. The minimum Gasteiger partial charge on any atom is -0.496 e. The molecular formula is C26H32O7. The Bertz CT molecular complexity index is 943. The average Bonchev–Trinajstić information content (AvgIpc) is 3.40. The Morgan fingerprint density at radius 3 is 2.67 bits per heavy atom. The van der Waals surface area contributed by atoms with Crippen LogP contribution in [0, 0.1) is 5.92 Å². The third-order valence-electron chi connectivity index (χ3n) is 6.97. The molecule has 0 saturated carbocycles. The van der Waals surface area contributed by atoms with Crippen LogP contribution in [0.15, 0.2) is 42.0 Å². The molecule has 0 amide bonds. The number of carbonyl (C=O) groups excluding carboxylic acids is 2. The summed E-state index contributed by atoms with van der Waals surface area (Å²) in [6, 6.07) is 5.55. The summed E-state index contributed by atoms with van der Waals surface area (Å²) in [7, 11) is 3.19. The van der Waals surface area contributed by atoms with E-state index in [0.29, 0.717) is 36.3 Å². The van der Waals surface area contributed by atoms with Crippen LogP contribution in [0.4, 0.5) is 0 Å². The number of rotatable bonds is 7. The van der Waals surface area contributed by atoms with E-state index in [1.807, 2.05) is 18.2 Å². The summed E-state index contributed by atoms with van der Waals surface area (Å²) >= 11 is 0. The molecule has 1 aliphatic carbocycles. The molecule has 0 unspecified atom stereocenters. The van der Waals surface area contributed by atoms with Gasteiger partial charge in [0.1, 0.15) is 30.3 Å². The number of methoxy groups -OCH3 is 2. The van der Waals surface area contributed by atoms with Gasteiger partial charge in [0.25, 0.3) is 0 Å². The van der Waals surface area contributed by atoms with E-state index in [2.05, 4.69) is 19.6 Å². The van der Waals surface area contributed by atoms with Gasteiger partial charge in [0.15, 0.2) is 0 Å². The maximum absolute atomic E-state index is 12.5. The Morgan fingerprint density at radius 2 is 1.97 bits per heavy atom. The number of allylic oxidation sites excluding steroid dienone is 1. The topological polar surface area (TPSA) is 83.6 Å². The van der Waals surface area contributed by atoms with Crippen molar-refractivity contribution in [2.45, 2.75) is 63.3 Å². The van der Waals surface area contributed by atoms with Crippen LogP contribution in [-0.2, 0) is 30.2 Å². The summed E-state index contributed by atoms with van der Waals surface area (Å²) in [6.45, 7) is 6.24. The molecule has 2 aliphatic heterocycles. The van der Waals surface area contributed by atoms with Gasteiger partial charge < -0.3 is 23.7 Å². The maximum Gasteiger partial charge on any atom is 0.334 e. The van der Waals surface area contributed by atoms with Gasteiger partial charge in [0, 0.05) is 23.5 Å². The molecule has 2 heterocycles. The first-order valence-electron chi connectivity index (χ1n) is 11.5. The van der Waals surface area contributed by atoms with Crippen molar-refractivity contribution in [1.82, 2.24) is 0 Å². The molecule has 7 heteroatoms. The second kappa shape index (κ2) is 9.59. The van der Waals surface area contributed by atoms with Crippen molar-refractivity contribution >= 4 is 11.9 Å². The fraction of sp³-hybridized carbons (Fsp3) is 0.538. The third kappa shape index (κ3) is 4.93. The zero-order valence-electron chi connectivity index (χ0n) is 19.6. The molecule has 178 valence electrons. The Labute approximate surface area is 194 Å². The zero-order valence-corrected chi connectivity index (χ0v) is 19.6. The Kier molecular flexibility index (Phi) is 6.79. The highest BCUT2D eigenvalue weighted by molar-refractivity contribution is 5.91. The van der Waals surface area contributed by atoms with E-state index >= 15 is 0 Å². The minimum atomic E-state index is -0.328. The van der Waals surface area contributed by atoms with Crippen molar-refractivity contribution in [2.75, 3.05) is 20.8 Å². The van der Waals surface area contributed by atoms with Gasteiger partial charge in [-0.25, -0.2) is 4.79 Å². The highest BCUT2D eigenvalue weighted by Gasteiger charge is 2.61. The highest BCUT2D eigenvalue weighted by Crippen LogP contribution is 2.49. The molecule has 0 bridgehead atoms. The van der Waals surface area contributed by atoms with Crippen LogP contribution in [0.5, 0.6) is 11.5 Å². The van der Waals surface area contributed by atoms with Crippen molar-refractivity contribution in [3.05, 3.63) is 47.6 Å². The van der Waals surface area contributed by atoms with Crippen LogP contribution in [0.3, 0.4) is 0 Å². The number of hydrogen-bond donors (Lipinski definition) is 0. The van der Waals surface area contributed by atoms with Gasteiger partial charge in [-0.05, 0) is 56.7 Å². The van der Waals surface area contributed by atoms with Gasteiger partial charge in [-0.2, -0.15) is 0 Å². The molecule has 1 aromatic rings. The van der Waals surface area contributed by atoms with E-state index in [1.54, 1.807) is 14.2 Å². The fourth-order valence-corrected chi connectivity index (χ4v) is 4.90. The van der Waals surface area contributed by atoms with E-state index in [1.165, 1.54) is 0 Å². The quantitative estimate of drug-likeness (QED) is 0.266. The van der Waals surface area contributed by atoms with Crippen LogP contribution in [0.2, 0.25) is 0 Å². The molecule has 0 N–H and O–H groups in total. The van der Waals surface area contributed by atoms with Crippen molar-refractivity contribution in [2.24, 2.45) is 5.92 Å². The number of carbonyl (C=O) groups is 2. The van der Waals surface area contributed by atoms with Gasteiger partial charge in [0.2, 0.25) is 0 Å². The predicted molar refractivity (Wildman–Crippen MR) is 121 cm³/mol. The van der Waals surface area contributed by atoms with Gasteiger partial charge in [-0.3, -0.25) is 4.79 Å². The second-order valence-corrected chi connectivity index (χ2v) is 9.09. The molecule has 4 atom stereocenters. The van der Waals surface area contributed by atoms with Crippen molar-refractivity contribution in [3.8, 4) is 11.5 Å². The average molecular weight is 457 g/mol. The summed E-state index contributed by atoms with van der Waals surface area (Å²) in [5.41, 5.74) is 2.13. The Hall–Kier alpha value is -2.80. The predicted octanol–water partition coefficient (Wildman–Crippen LogP) is 3.94. The molecule has 7 nitrogen and oxygen atoms in total. The van der Waals surface area contributed by atoms with Gasteiger partial charge in [-0.1, -0.05) is 18.7 Å². The molecule has 0 aromatic heterocycles. The lowest BCUT2D eigenvalue weighted by Crippen LogP contribution is -2.29. The first kappa shape index (κ1) is 23.4. The van der Waals surface area contributed by atoms with Crippen molar-refractivity contribution < 1.29 is 33.3 Å². The Morgan fingerprint density at radius 1 is 1.24 bits per heavy atom. The largest absolute Gasteiger partial charge is 0.496 e. The van der Waals surface area contributed by atoms with E-state index < -0.39 is 0 Å². The molecule has 1 aromatic carbocycles. The lowest BCUT2D eigenvalue weighted by atomic mass is 9.84. The lowest BCUT2D eigenvalue weighted by molar-refractivity contribution is -0.143. The lowest BCUT2D eigenvalue weighted by Gasteiger charge is -2.20. The fourth-order valence-electron chi connectivity index (χ4n) is 4.90. The van der Waals surface area contributed by atoms with Gasteiger partial charge >= 0.3 is 11.9 Å². The van der Waals surface area contributed by atoms with E-state index in [0.717, 1.165) is 24.0 Å². The zero-order chi connectivity index (χ0) is 23.6. The standard InChI is InChI=1S/C26H32O7/c1-16-18-11-10-17(7-6-14-26(2)24(33-26)23(18)32-25(16)28)15-31-22(27)13-12-19-20(29-3)8-5-9-21(19)30-4/h5,7-9,18,23-24H,1,6,10-15H2,2-4H3/b17-7+/t18-,23-,24-,26+/m0/s1. The van der Waals surface area contributed by atoms with E-state index in [4.69, 9.17) is 23.7 Å². The molecule has 2 saturated heterocycles. The molecule has 4 rings (SSSR count). The monoisotopic (exact) mass is 456 g/mol. The summed E-state index contributed by atoms with van der Waals surface area (Å²) in [4.78, 5) is 24.6. The van der Waals surface area contributed by atoms with Crippen LogP contribution < -0.4 is 9.47 Å². The number of epoxide rings is 1. The number of ether oxygens (including phenoxy) is 5. The third-order valence-corrected chi connectivity index (χ3v) is 6.97. The SMILES string of the molecule is C=C1C(=O)O[C@H]2[C@H]1CC/C(COC(=O)CCc1c(OC)cccc1OC)=C\CC[C@@]1(C)O[C@@H]21. The summed E-state index contributed by atoms with van der Waals surface area (Å²) in [6.07, 6.45) is 5.58. The molecule has 3 aliphatic rings. The molecule has 0 radical (unpaired) electrons. The van der Waals surface area contributed by atoms with Gasteiger partial charge in [-0.15, -0.1) is 0 Å².